The van der Waals surface area contributed by atoms with Gasteiger partial charge in [0.2, 0.25) is 0 Å². The lowest BCUT2D eigenvalue weighted by molar-refractivity contribution is 0.0164. The van der Waals surface area contributed by atoms with Crippen LogP contribution in [0.4, 0.5) is 4.79 Å². The van der Waals surface area contributed by atoms with Crippen molar-refractivity contribution in [1.82, 2.24) is 4.90 Å². The molecule has 1 N–H and O–H groups in total. The van der Waals surface area contributed by atoms with Crippen LogP contribution in [0.2, 0.25) is 0 Å². The summed E-state index contributed by atoms with van der Waals surface area (Å²) in [7, 11) is 0. The van der Waals surface area contributed by atoms with Crippen LogP contribution < -0.4 is 0 Å². The number of carbonyl (C=O) groups is 1. The van der Waals surface area contributed by atoms with E-state index in [4.69, 9.17) is 4.74 Å². The maximum atomic E-state index is 12.2. The first kappa shape index (κ1) is 18.6. The molecule has 3 rings (SSSR count). The van der Waals surface area contributed by atoms with Crippen LogP contribution in [0, 0.1) is 0 Å². The molecular weight excluding hydrogens is 302 g/mol. The van der Waals surface area contributed by atoms with E-state index in [0.717, 1.165) is 38.8 Å². The first-order valence-corrected chi connectivity index (χ1v) is 9.09. The van der Waals surface area contributed by atoms with Crippen LogP contribution >= 0.6 is 0 Å². The summed E-state index contributed by atoms with van der Waals surface area (Å²) in [5.41, 5.74) is 2.38. The van der Waals surface area contributed by atoms with Gasteiger partial charge in [-0.05, 0) is 75.1 Å². The summed E-state index contributed by atoms with van der Waals surface area (Å²) in [6, 6.07) is 5.75. The Kier molecular flexibility index (Phi) is 5.46. The lowest BCUT2D eigenvalue weighted by Crippen LogP contribution is -2.46. The number of carbonyl (C=O) groups excluding carboxylic acids is 1. The second-order valence-electron chi connectivity index (χ2n) is 7.59. The Bertz CT molecular complexity index is 581. The number of ether oxygens (including phenoxy) is 1. The molecule has 0 bridgehead atoms. The molecule has 1 aliphatic heterocycles. The fourth-order valence-electron chi connectivity index (χ4n) is 3.78. The first-order valence-electron chi connectivity index (χ1n) is 9.09. The van der Waals surface area contributed by atoms with Gasteiger partial charge in [-0.25, -0.2) is 4.79 Å². The highest BCUT2D eigenvalue weighted by Gasteiger charge is 2.42. The Balaban J connectivity index is 0.00000100. The van der Waals surface area contributed by atoms with Gasteiger partial charge in [0.25, 0.3) is 0 Å². The third kappa shape index (κ3) is 3.85. The molecule has 1 saturated heterocycles. The van der Waals surface area contributed by atoms with Crippen LogP contribution in [0.5, 0.6) is 5.75 Å². The molecule has 1 heterocycles. The topological polar surface area (TPSA) is 49.8 Å². The third-order valence-electron chi connectivity index (χ3n) is 4.91. The number of phenolic OH excluding ortho intramolecular Hbond substituents is 1. The minimum Gasteiger partial charge on any atom is -0.508 e. The first-order chi connectivity index (χ1) is 11.3. The summed E-state index contributed by atoms with van der Waals surface area (Å²) >= 11 is 0. The number of fused-ring (bicyclic) bond motifs is 2. The van der Waals surface area contributed by atoms with Gasteiger partial charge in [-0.1, -0.05) is 19.9 Å². The zero-order valence-electron chi connectivity index (χ0n) is 15.7. The maximum Gasteiger partial charge on any atom is 0.410 e. The summed E-state index contributed by atoms with van der Waals surface area (Å²) in [6.45, 7) is 11.2. The maximum absolute atomic E-state index is 12.2. The highest BCUT2D eigenvalue weighted by atomic mass is 16.6. The molecule has 2 aliphatic rings. The zero-order chi connectivity index (χ0) is 18.0. The minimum absolute atomic E-state index is 0.182. The van der Waals surface area contributed by atoms with Crippen molar-refractivity contribution in [3.63, 3.8) is 0 Å². The van der Waals surface area contributed by atoms with Gasteiger partial charge < -0.3 is 14.7 Å². The number of hydrogen-bond donors (Lipinski definition) is 1. The van der Waals surface area contributed by atoms with Crippen molar-refractivity contribution in [2.24, 2.45) is 0 Å². The average Bonchev–Trinajstić information content (AvgIpc) is 2.86. The second-order valence-corrected chi connectivity index (χ2v) is 7.59. The molecule has 24 heavy (non-hydrogen) atoms. The molecule has 0 radical (unpaired) electrons. The summed E-state index contributed by atoms with van der Waals surface area (Å²) in [6.07, 6.45) is 3.89. The van der Waals surface area contributed by atoms with Crippen molar-refractivity contribution < 1.29 is 14.6 Å². The van der Waals surface area contributed by atoms with Crippen molar-refractivity contribution in [2.75, 3.05) is 13.1 Å². The van der Waals surface area contributed by atoms with E-state index in [1.165, 1.54) is 11.1 Å². The van der Waals surface area contributed by atoms with Gasteiger partial charge >= 0.3 is 6.09 Å². The largest absolute Gasteiger partial charge is 0.508 e. The molecule has 0 aromatic heterocycles. The highest BCUT2D eigenvalue weighted by Crippen LogP contribution is 2.47. The van der Waals surface area contributed by atoms with Crippen LogP contribution in [0.15, 0.2) is 18.2 Å². The van der Waals surface area contributed by atoms with Crippen LogP contribution in [0.25, 0.3) is 0 Å². The fraction of sp³-hybridized carbons (Fsp3) is 0.650. The number of likely N-dealkylation sites (tertiary alicyclic amines) is 1. The number of piperidine rings is 1. The number of benzene rings is 1. The zero-order valence-corrected chi connectivity index (χ0v) is 15.7. The Morgan fingerprint density at radius 2 is 1.79 bits per heavy atom. The smallest absolute Gasteiger partial charge is 0.410 e. The van der Waals surface area contributed by atoms with Crippen LogP contribution in [0.1, 0.15) is 65.0 Å². The van der Waals surface area contributed by atoms with Gasteiger partial charge in [0.1, 0.15) is 11.4 Å². The average molecular weight is 333 g/mol. The van der Waals surface area contributed by atoms with E-state index < -0.39 is 5.60 Å². The van der Waals surface area contributed by atoms with Gasteiger partial charge in [-0.3, -0.25) is 0 Å². The third-order valence-corrected chi connectivity index (χ3v) is 4.91. The van der Waals surface area contributed by atoms with Crippen molar-refractivity contribution in [3.8, 4) is 5.75 Å². The molecule has 4 heteroatoms. The molecule has 4 nitrogen and oxygen atoms in total. The van der Waals surface area contributed by atoms with E-state index in [1.54, 1.807) is 6.07 Å². The monoisotopic (exact) mass is 333 g/mol. The molecule has 134 valence electrons. The van der Waals surface area contributed by atoms with E-state index in [2.05, 4.69) is 6.07 Å². The molecule has 0 unspecified atom stereocenters. The SMILES string of the molecule is CC.CC(C)(C)OC(=O)N1CCC2(CCc3cc(O)ccc32)CC1. The van der Waals surface area contributed by atoms with E-state index >= 15 is 0 Å². The van der Waals surface area contributed by atoms with Crippen LogP contribution in [-0.2, 0) is 16.6 Å². The summed E-state index contributed by atoms with van der Waals surface area (Å²) in [5, 5.41) is 9.64. The minimum atomic E-state index is -0.441. The van der Waals surface area contributed by atoms with Gasteiger partial charge in [-0.15, -0.1) is 0 Å². The predicted octanol–water partition coefficient (Wildman–Crippen LogP) is 4.63. The molecule has 0 saturated carbocycles. The second kappa shape index (κ2) is 7.04. The van der Waals surface area contributed by atoms with Crippen LogP contribution in [-0.4, -0.2) is 34.8 Å². The van der Waals surface area contributed by atoms with E-state index in [-0.39, 0.29) is 11.5 Å². The van der Waals surface area contributed by atoms with Crippen molar-refractivity contribution in [1.29, 1.82) is 0 Å². The van der Waals surface area contributed by atoms with Crippen molar-refractivity contribution in [2.45, 2.75) is 71.3 Å². The number of nitrogens with zero attached hydrogens (tertiary/aromatic N) is 1. The highest BCUT2D eigenvalue weighted by molar-refractivity contribution is 5.68. The quantitative estimate of drug-likeness (QED) is 0.753. The molecule has 1 fully saturated rings. The Morgan fingerprint density at radius 1 is 1.17 bits per heavy atom. The van der Waals surface area contributed by atoms with E-state index in [9.17, 15) is 9.90 Å². The number of aromatic hydroxyl groups is 1. The predicted molar refractivity (Wildman–Crippen MR) is 96.5 cm³/mol. The summed E-state index contributed by atoms with van der Waals surface area (Å²) in [4.78, 5) is 14.0. The van der Waals surface area contributed by atoms with Gasteiger partial charge in [-0.2, -0.15) is 0 Å². The Labute approximate surface area is 145 Å². The summed E-state index contributed by atoms with van der Waals surface area (Å²) < 4.78 is 5.47. The van der Waals surface area contributed by atoms with Crippen molar-refractivity contribution in [3.05, 3.63) is 29.3 Å². The lowest BCUT2D eigenvalue weighted by Gasteiger charge is -2.40. The molecule has 1 aliphatic carbocycles. The number of rotatable bonds is 0. The molecule has 1 amide bonds. The molecular formula is C20H31NO3. The Hall–Kier alpha value is -1.71. The number of hydrogen-bond acceptors (Lipinski definition) is 3. The molecule has 1 aromatic rings. The van der Waals surface area contributed by atoms with Gasteiger partial charge in [0.05, 0.1) is 0 Å². The summed E-state index contributed by atoms with van der Waals surface area (Å²) in [5.74, 6) is 0.349. The number of aryl methyl sites for hydroxylation is 1. The normalized spacial score (nSPS) is 18.6. The van der Waals surface area contributed by atoms with Gasteiger partial charge in [0.15, 0.2) is 0 Å². The molecule has 1 aromatic carbocycles. The Morgan fingerprint density at radius 3 is 2.38 bits per heavy atom. The van der Waals surface area contributed by atoms with E-state index in [0.29, 0.717) is 5.75 Å². The number of phenols is 1. The van der Waals surface area contributed by atoms with Crippen molar-refractivity contribution >= 4 is 6.09 Å². The number of amides is 1. The molecule has 0 atom stereocenters. The fourth-order valence-corrected chi connectivity index (χ4v) is 3.78. The van der Waals surface area contributed by atoms with Gasteiger partial charge in [0, 0.05) is 13.1 Å². The van der Waals surface area contributed by atoms with Crippen LogP contribution in [0.3, 0.4) is 0 Å². The molecule has 1 spiro atoms. The lowest BCUT2D eigenvalue weighted by atomic mass is 9.74. The standard InChI is InChI=1S/C18H25NO3.C2H6/c1-17(2,3)22-16(21)19-10-8-18(9-11-19)7-6-13-12-14(20)4-5-15(13)18;1-2/h4-5,12,20H,6-11H2,1-3H3;1-2H3. The van der Waals surface area contributed by atoms with E-state index in [1.807, 2.05) is 45.6 Å².